The fourth-order valence-electron chi connectivity index (χ4n) is 3.37. The van der Waals surface area contributed by atoms with Crippen LogP contribution in [0.15, 0.2) is 42.5 Å². The Labute approximate surface area is 236 Å². The van der Waals surface area contributed by atoms with Crippen LogP contribution in [0.3, 0.4) is 0 Å². The Bertz CT molecular complexity index is 1110. The average Bonchev–Trinajstić information content (AvgIpc) is 3.20. The summed E-state index contributed by atoms with van der Waals surface area (Å²) in [4.78, 5) is 0. The molecule has 3 aromatic rings. The van der Waals surface area contributed by atoms with E-state index in [1.807, 2.05) is 59.0 Å². The number of alkyl halides is 1. The summed E-state index contributed by atoms with van der Waals surface area (Å²) in [5, 5.41) is 37.0. The van der Waals surface area contributed by atoms with Gasteiger partial charge in [-0.2, -0.15) is 0 Å². The van der Waals surface area contributed by atoms with Gasteiger partial charge in [-0.15, -0.1) is 16.7 Å². The maximum atomic E-state index is 10.3. The monoisotopic (exact) mass is 727 g/mol. The maximum absolute atomic E-state index is 10.3. The largest absolute Gasteiger partial charge is 0.491 e. The van der Waals surface area contributed by atoms with Crippen LogP contribution < -0.4 is 9.47 Å². The van der Waals surface area contributed by atoms with Crippen molar-refractivity contribution in [3.63, 3.8) is 0 Å². The first kappa shape index (κ1) is 28.4. The van der Waals surface area contributed by atoms with Gasteiger partial charge in [-0.1, -0.05) is 37.3 Å². The van der Waals surface area contributed by atoms with Gasteiger partial charge in [-0.05, 0) is 80.6 Å². The molecule has 0 aliphatic rings. The number of rotatable bonds is 12. The molecule has 190 valence electrons. The number of ether oxygens (including phenoxy) is 2. The number of benzene rings is 2. The van der Waals surface area contributed by atoms with Gasteiger partial charge in [0.2, 0.25) is 0 Å². The van der Waals surface area contributed by atoms with E-state index >= 15 is 0 Å². The summed E-state index contributed by atoms with van der Waals surface area (Å²) in [7, 11) is 0. The van der Waals surface area contributed by atoms with Crippen LogP contribution in [0.1, 0.15) is 30.7 Å². The summed E-state index contributed by atoms with van der Waals surface area (Å²) in [6, 6.07) is 13.8. The molecule has 0 spiro atoms. The normalized spacial score (nSPS) is 13.5. The molecule has 8 nitrogen and oxygen atoms in total. The molecule has 3 N–H and O–H groups in total. The van der Waals surface area contributed by atoms with E-state index in [2.05, 4.69) is 52.8 Å². The molecule has 35 heavy (non-hydrogen) atoms. The second-order valence-electron chi connectivity index (χ2n) is 8.55. The van der Waals surface area contributed by atoms with Crippen LogP contribution in [0.4, 0.5) is 0 Å². The predicted octanol–water partition coefficient (Wildman–Crippen LogP) is 3.72. The van der Waals surface area contributed by atoms with Crippen molar-refractivity contribution in [2.45, 2.75) is 44.6 Å². The van der Waals surface area contributed by atoms with Crippen molar-refractivity contribution in [2.24, 2.45) is 0 Å². The highest BCUT2D eigenvalue weighted by Crippen LogP contribution is 2.35. The summed E-state index contributed by atoms with van der Waals surface area (Å²) >= 11 is 9.91. The Morgan fingerprint density at radius 3 is 2.26 bits per heavy atom. The molecule has 0 amide bonds. The number of aliphatic hydroxyl groups excluding tert-OH is 3. The van der Waals surface area contributed by atoms with E-state index in [4.69, 9.17) is 21.1 Å². The minimum atomic E-state index is -0.777. The lowest BCUT2D eigenvalue weighted by Crippen LogP contribution is -2.25. The molecule has 0 radical (unpaired) electrons. The highest BCUT2D eigenvalue weighted by Gasteiger charge is 2.24. The van der Waals surface area contributed by atoms with E-state index in [1.54, 1.807) is 4.68 Å². The molecular formula is C24H28ClI2N3O5. The SMILES string of the molecule is CC(C)(c1ccc(OC[C@@H](O)Cn2nnc(CO)c2I)cc1)c1ccc(OC[C@@H](O)CCl)c(I)c1. The second kappa shape index (κ2) is 12.9. The fraction of sp³-hybridized carbons (Fsp3) is 0.417. The zero-order valence-corrected chi connectivity index (χ0v) is 24.4. The van der Waals surface area contributed by atoms with Crippen LogP contribution in [0, 0.1) is 7.27 Å². The lowest BCUT2D eigenvalue weighted by molar-refractivity contribution is 0.0881. The number of aliphatic hydroxyl groups is 3. The molecule has 0 saturated heterocycles. The van der Waals surface area contributed by atoms with Crippen molar-refractivity contribution in [1.29, 1.82) is 0 Å². The summed E-state index contributed by atoms with van der Waals surface area (Å²) in [6.45, 7) is 4.58. The van der Waals surface area contributed by atoms with Crippen molar-refractivity contribution in [3.05, 3.63) is 66.6 Å². The molecule has 3 rings (SSSR count). The molecule has 0 unspecified atom stereocenters. The second-order valence-corrected chi connectivity index (χ2v) is 11.0. The van der Waals surface area contributed by atoms with Gasteiger partial charge >= 0.3 is 0 Å². The Morgan fingerprint density at radius 2 is 1.66 bits per heavy atom. The third-order valence-electron chi connectivity index (χ3n) is 5.55. The lowest BCUT2D eigenvalue weighted by Gasteiger charge is -2.27. The molecule has 0 aliphatic carbocycles. The van der Waals surface area contributed by atoms with Crippen LogP contribution in [0.5, 0.6) is 11.5 Å². The molecule has 1 heterocycles. The summed E-state index contributed by atoms with van der Waals surface area (Å²) in [5.41, 5.74) is 2.46. The van der Waals surface area contributed by atoms with E-state index in [9.17, 15) is 15.3 Å². The number of aromatic nitrogens is 3. The number of halogens is 3. The maximum Gasteiger partial charge on any atom is 0.132 e. The summed E-state index contributed by atoms with van der Waals surface area (Å²) < 4.78 is 14.6. The van der Waals surface area contributed by atoms with Crippen LogP contribution in [0.2, 0.25) is 0 Å². The highest BCUT2D eigenvalue weighted by molar-refractivity contribution is 14.1. The smallest absolute Gasteiger partial charge is 0.132 e. The Kier molecular flexibility index (Phi) is 10.4. The zero-order chi connectivity index (χ0) is 25.6. The van der Waals surface area contributed by atoms with Crippen LogP contribution in [-0.2, 0) is 18.6 Å². The molecule has 0 bridgehead atoms. The number of nitrogens with zero attached hydrogens (tertiary/aromatic N) is 3. The number of hydrogen-bond acceptors (Lipinski definition) is 7. The minimum Gasteiger partial charge on any atom is -0.491 e. The summed E-state index contributed by atoms with van der Waals surface area (Å²) in [6.07, 6.45) is -1.47. The van der Waals surface area contributed by atoms with E-state index in [1.165, 1.54) is 0 Å². The van der Waals surface area contributed by atoms with Crippen LogP contribution in [-0.4, -0.2) is 61.6 Å². The first-order chi connectivity index (χ1) is 16.6. The predicted molar refractivity (Wildman–Crippen MR) is 150 cm³/mol. The van der Waals surface area contributed by atoms with E-state index in [-0.39, 0.29) is 37.7 Å². The first-order valence-electron chi connectivity index (χ1n) is 10.9. The first-order valence-corrected chi connectivity index (χ1v) is 13.6. The third-order valence-corrected chi connectivity index (χ3v) is 7.93. The molecule has 0 fully saturated rings. The van der Waals surface area contributed by atoms with Gasteiger partial charge < -0.3 is 24.8 Å². The van der Waals surface area contributed by atoms with Crippen molar-refractivity contribution in [2.75, 3.05) is 19.1 Å². The van der Waals surface area contributed by atoms with Crippen molar-refractivity contribution in [1.82, 2.24) is 15.0 Å². The van der Waals surface area contributed by atoms with Gasteiger partial charge in [-0.3, -0.25) is 0 Å². The van der Waals surface area contributed by atoms with Gasteiger partial charge in [0, 0.05) is 5.41 Å². The van der Waals surface area contributed by atoms with E-state index in [0.717, 1.165) is 14.7 Å². The van der Waals surface area contributed by atoms with Gasteiger partial charge in [-0.25, -0.2) is 4.68 Å². The van der Waals surface area contributed by atoms with Crippen molar-refractivity contribution in [3.8, 4) is 11.5 Å². The van der Waals surface area contributed by atoms with E-state index < -0.39 is 12.2 Å². The van der Waals surface area contributed by atoms with Gasteiger partial charge in [0.25, 0.3) is 0 Å². The Balaban J connectivity index is 1.60. The standard InChI is InChI=1S/C24H28ClI2N3O5/c1-24(2,16-5-8-22(20(26)9-16)35-13-17(32)10-25)15-3-6-19(7-4-15)34-14-18(33)11-30-23(27)21(12-31)28-29-30/h3-9,17-18,31-33H,10-14H2,1-2H3/t17-,18-/m0/s1. The molecule has 2 atom stereocenters. The fourth-order valence-corrected chi connectivity index (χ4v) is 4.70. The van der Waals surface area contributed by atoms with Crippen LogP contribution >= 0.6 is 56.8 Å². The van der Waals surface area contributed by atoms with Gasteiger partial charge in [0.15, 0.2) is 0 Å². The van der Waals surface area contributed by atoms with Crippen molar-refractivity contribution >= 4 is 56.8 Å². The molecule has 0 saturated carbocycles. The molecule has 2 aromatic carbocycles. The third kappa shape index (κ3) is 7.41. The minimum absolute atomic E-state index is 0.102. The highest BCUT2D eigenvalue weighted by atomic mass is 127. The molecular weight excluding hydrogens is 700 g/mol. The quantitative estimate of drug-likeness (QED) is 0.193. The number of hydrogen-bond donors (Lipinski definition) is 3. The Morgan fingerprint density at radius 1 is 1.00 bits per heavy atom. The molecule has 1 aromatic heterocycles. The van der Waals surface area contributed by atoms with E-state index in [0.29, 0.717) is 20.9 Å². The Hall–Kier alpha value is -1.19. The topological polar surface area (TPSA) is 110 Å². The molecule has 11 heteroatoms. The summed E-state index contributed by atoms with van der Waals surface area (Å²) in [5.74, 6) is 1.50. The zero-order valence-electron chi connectivity index (χ0n) is 19.4. The average molecular weight is 728 g/mol. The van der Waals surface area contributed by atoms with Gasteiger partial charge in [0.1, 0.15) is 46.3 Å². The molecule has 0 aliphatic heterocycles. The van der Waals surface area contributed by atoms with Crippen molar-refractivity contribution < 1.29 is 24.8 Å². The van der Waals surface area contributed by atoms with Gasteiger partial charge in [0.05, 0.1) is 22.6 Å². The lowest BCUT2D eigenvalue weighted by atomic mass is 9.78. The van der Waals surface area contributed by atoms with Crippen LogP contribution in [0.25, 0.3) is 0 Å².